The van der Waals surface area contributed by atoms with Crippen LogP contribution in [0.25, 0.3) is 0 Å². The van der Waals surface area contributed by atoms with E-state index in [1.54, 1.807) is 6.20 Å². The average Bonchev–Trinajstić information content (AvgIpc) is 2.97. The Balaban J connectivity index is 2.05. The third-order valence-corrected chi connectivity index (χ3v) is 4.17. The van der Waals surface area contributed by atoms with Crippen LogP contribution in [-0.2, 0) is 0 Å². The van der Waals surface area contributed by atoms with Gasteiger partial charge in [-0.15, -0.1) is 0 Å². The number of rotatable bonds is 3. The molecule has 4 nitrogen and oxygen atoms in total. The molecule has 1 aromatic heterocycles. The summed E-state index contributed by atoms with van der Waals surface area (Å²) in [7, 11) is 0. The van der Waals surface area contributed by atoms with Crippen molar-refractivity contribution < 1.29 is 0 Å². The fraction of sp³-hybridized carbons (Fsp3) is 0.375. The van der Waals surface area contributed by atoms with Crippen LogP contribution in [0.3, 0.4) is 0 Å². The SMILES string of the molecule is Nc1cnc(C(c2ccccc2)C2CCCC2)c(N)n1. The minimum atomic E-state index is 0.229. The first-order chi connectivity index (χ1) is 9.75. The Bertz CT molecular complexity index is 576. The summed E-state index contributed by atoms with van der Waals surface area (Å²) in [5, 5.41) is 0. The number of hydrogen-bond donors (Lipinski definition) is 2. The molecule has 1 unspecified atom stereocenters. The van der Waals surface area contributed by atoms with E-state index in [-0.39, 0.29) is 5.92 Å². The van der Waals surface area contributed by atoms with Gasteiger partial charge in [0.25, 0.3) is 0 Å². The summed E-state index contributed by atoms with van der Waals surface area (Å²) in [5.74, 6) is 1.67. The van der Waals surface area contributed by atoms with Gasteiger partial charge < -0.3 is 11.5 Å². The molecule has 1 atom stereocenters. The van der Waals surface area contributed by atoms with Crippen molar-refractivity contribution >= 4 is 11.6 Å². The quantitative estimate of drug-likeness (QED) is 0.897. The fourth-order valence-corrected chi connectivity index (χ4v) is 3.27. The van der Waals surface area contributed by atoms with Crippen molar-refractivity contribution in [3.05, 3.63) is 47.8 Å². The highest BCUT2D eigenvalue weighted by atomic mass is 15.0. The van der Waals surface area contributed by atoms with Gasteiger partial charge in [0.1, 0.15) is 11.6 Å². The second kappa shape index (κ2) is 5.49. The monoisotopic (exact) mass is 268 g/mol. The third-order valence-electron chi connectivity index (χ3n) is 4.17. The van der Waals surface area contributed by atoms with Crippen LogP contribution in [0.4, 0.5) is 11.6 Å². The van der Waals surface area contributed by atoms with Crippen molar-refractivity contribution in [2.75, 3.05) is 11.5 Å². The van der Waals surface area contributed by atoms with Crippen LogP contribution in [0, 0.1) is 5.92 Å². The molecule has 20 heavy (non-hydrogen) atoms. The molecule has 1 aliphatic rings. The summed E-state index contributed by atoms with van der Waals surface area (Å²) in [6, 6.07) is 10.5. The van der Waals surface area contributed by atoms with Gasteiger partial charge in [-0.25, -0.2) is 4.98 Å². The van der Waals surface area contributed by atoms with Gasteiger partial charge in [0.2, 0.25) is 0 Å². The minimum absolute atomic E-state index is 0.229. The lowest BCUT2D eigenvalue weighted by Gasteiger charge is -2.24. The van der Waals surface area contributed by atoms with Crippen molar-refractivity contribution in [1.29, 1.82) is 0 Å². The van der Waals surface area contributed by atoms with Crippen molar-refractivity contribution in [1.82, 2.24) is 9.97 Å². The predicted octanol–water partition coefficient (Wildman–Crippen LogP) is 2.96. The molecular formula is C16H20N4. The van der Waals surface area contributed by atoms with Crippen LogP contribution in [0.1, 0.15) is 42.9 Å². The Hall–Kier alpha value is -2.10. The van der Waals surface area contributed by atoms with Crippen LogP contribution in [-0.4, -0.2) is 9.97 Å². The summed E-state index contributed by atoms with van der Waals surface area (Å²) in [6.07, 6.45) is 6.64. The van der Waals surface area contributed by atoms with Crippen molar-refractivity contribution in [2.24, 2.45) is 5.92 Å². The molecule has 1 aromatic carbocycles. The molecule has 0 aliphatic heterocycles. The van der Waals surface area contributed by atoms with E-state index in [0.29, 0.717) is 17.6 Å². The Morgan fingerprint density at radius 3 is 2.40 bits per heavy atom. The van der Waals surface area contributed by atoms with E-state index >= 15 is 0 Å². The van der Waals surface area contributed by atoms with Crippen LogP contribution < -0.4 is 11.5 Å². The summed E-state index contributed by atoms with van der Waals surface area (Å²) >= 11 is 0. The van der Waals surface area contributed by atoms with E-state index in [1.807, 2.05) is 6.07 Å². The fourth-order valence-electron chi connectivity index (χ4n) is 3.27. The highest BCUT2D eigenvalue weighted by molar-refractivity contribution is 5.46. The topological polar surface area (TPSA) is 77.8 Å². The molecule has 0 saturated heterocycles. The summed E-state index contributed by atoms with van der Waals surface area (Å²) in [4.78, 5) is 8.67. The van der Waals surface area contributed by atoms with E-state index in [9.17, 15) is 0 Å². The molecule has 4 heteroatoms. The number of anilines is 2. The third kappa shape index (κ3) is 2.46. The largest absolute Gasteiger partial charge is 0.382 e. The van der Waals surface area contributed by atoms with E-state index < -0.39 is 0 Å². The second-order valence-electron chi connectivity index (χ2n) is 5.50. The number of hydrogen-bond acceptors (Lipinski definition) is 4. The molecule has 3 rings (SSSR count). The molecule has 1 saturated carbocycles. The molecule has 0 amide bonds. The predicted molar refractivity (Wildman–Crippen MR) is 81.1 cm³/mol. The Morgan fingerprint density at radius 2 is 1.75 bits per heavy atom. The molecule has 1 aliphatic carbocycles. The van der Waals surface area contributed by atoms with E-state index in [1.165, 1.54) is 31.2 Å². The number of nitrogens with two attached hydrogens (primary N) is 2. The molecule has 0 bridgehead atoms. The minimum Gasteiger partial charge on any atom is -0.382 e. The smallest absolute Gasteiger partial charge is 0.148 e. The summed E-state index contributed by atoms with van der Waals surface area (Å²) < 4.78 is 0. The van der Waals surface area contributed by atoms with Gasteiger partial charge in [0, 0.05) is 5.92 Å². The Kier molecular flexibility index (Phi) is 3.54. The van der Waals surface area contributed by atoms with Gasteiger partial charge in [-0.1, -0.05) is 43.2 Å². The van der Waals surface area contributed by atoms with Gasteiger partial charge in [0.05, 0.1) is 11.9 Å². The molecule has 104 valence electrons. The second-order valence-corrected chi connectivity index (χ2v) is 5.50. The first-order valence-electron chi connectivity index (χ1n) is 7.18. The van der Waals surface area contributed by atoms with Gasteiger partial charge in [-0.05, 0) is 24.3 Å². The van der Waals surface area contributed by atoms with Crippen molar-refractivity contribution in [3.63, 3.8) is 0 Å². The van der Waals surface area contributed by atoms with E-state index in [0.717, 1.165) is 5.69 Å². The van der Waals surface area contributed by atoms with Crippen molar-refractivity contribution in [2.45, 2.75) is 31.6 Å². The Morgan fingerprint density at radius 1 is 1.05 bits per heavy atom. The number of nitrogens with zero attached hydrogens (tertiary/aromatic N) is 2. The van der Waals surface area contributed by atoms with E-state index in [2.05, 4.69) is 34.2 Å². The zero-order valence-electron chi connectivity index (χ0n) is 11.5. The summed E-state index contributed by atoms with van der Waals surface area (Å²) in [5.41, 5.74) is 13.9. The molecule has 1 heterocycles. The molecular weight excluding hydrogens is 248 g/mol. The number of benzene rings is 1. The van der Waals surface area contributed by atoms with Crippen LogP contribution >= 0.6 is 0 Å². The molecule has 2 aromatic rings. The highest BCUT2D eigenvalue weighted by Crippen LogP contribution is 2.42. The van der Waals surface area contributed by atoms with Crippen LogP contribution in [0.5, 0.6) is 0 Å². The molecule has 0 radical (unpaired) electrons. The van der Waals surface area contributed by atoms with Crippen molar-refractivity contribution in [3.8, 4) is 0 Å². The van der Waals surface area contributed by atoms with Gasteiger partial charge in [-0.3, -0.25) is 4.98 Å². The Labute approximate surface area is 119 Å². The zero-order valence-corrected chi connectivity index (χ0v) is 11.5. The zero-order chi connectivity index (χ0) is 13.9. The van der Waals surface area contributed by atoms with E-state index in [4.69, 9.17) is 11.5 Å². The molecule has 1 fully saturated rings. The maximum Gasteiger partial charge on any atom is 0.148 e. The van der Waals surface area contributed by atoms with Gasteiger partial charge >= 0.3 is 0 Å². The standard InChI is InChI=1S/C16H20N4/c17-13-10-19-15(16(18)20-13)14(12-8-4-5-9-12)11-6-2-1-3-7-11/h1-3,6-7,10,12,14H,4-5,8-9H2,(H4,17,18,20). The normalized spacial score (nSPS) is 17.2. The maximum absolute atomic E-state index is 6.07. The lowest BCUT2D eigenvalue weighted by Crippen LogP contribution is -2.16. The molecule has 4 N–H and O–H groups in total. The number of aromatic nitrogens is 2. The van der Waals surface area contributed by atoms with Gasteiger partial charge in [0.15, 0.2) is 0 Å². The first-order valence-corrected chi connectivity index (χ1v) is 7.18. The maximum atomic E-state index is 6.07. The molecule has 0 spiro atoms. The number of nitrogen functional groups attached to an aromatic ring is 2. The van der Waals surface area contributed by atoms with Crippen LogP contribution in [0.15, 0.2) is 36.5 Å². The van der Waals surface area contributed by atoms with Crippen LogP contribution in [0.2, 0.25) is 0 Å². The van der Waals surface area contributed by atoms with Gasteiger partial charge in [-0.2, -0.15) is 0 Å². The average molecular weight is 268 g/mol. The first kappa shape index (κ1) is 12.9. The lowest BCUT2D eigenvalue weighted by atomic mass is 9.82. The lowest BCUT2D eigenvalue weighted by molar-refractivity contribution is 0.476. The summed E-state index contributed by atoms with van der Waals surface area (Å²) in [6.45, 7) is 0. The highest BCUT2D eigenvalue weighted by Gasteiger charge is 2.30.